The molecule has 2 heteroatoms. The van der Waals surface area contributed by atoms with Gasteiger partial charge in [-0.1, -0.05) is 54.6 Å². The Labute approximate surface area is 99.2 Å². The SMILES string of the molecule is C=C/C([B]C(=O)C(/C=C\C)=C/C)=C\C=C/C. The quantitative estimate of drug-likeness (QED) is 0.375. The van der Waals surface area contributed by atoms with Crippen molar-refractivity contribution >= 4 is 13.0 Å². The zero-order chi connectivity index (χ0) is 12.4. The minimum atomic E-state index is -0.00347. The van der Waals surface area contributed by atoms with E-state index in [4.69, 9.17) is 0 Å². The van der Waals surface area contributed by atoms with Gasteiger partial charge in [0, 0.05) is 5.57 Å². The molecule has 0 aliphatic carbocycles. The third kappa shape index (κ3) is 5.35. The van der Waals surface area contributed by atoms with Crippen LogP contribution in [0.2, 0.25) is 0 Å². The lowest BCUT2D eigenvalue weighted by Gasteiger charge is -2.00. The average Bonchev–Trinajstić information content (AvgIpc) is 2.30. The lowest BCUT2D eigenvalue weighted by atomic mass is 9.63. The van der Waals surface area contributed by atoms with Gasteiger partial charge < -0.3 is 4.79 Å². The summed E-state index contributed by atoms with van der Waals surface area (Å²) in [4.78, 5) is 11.8. The molecular weight excluding hydrogens is 195 g/mol. The Kier molecular flexibility index (Phi) is 7.87. The first-order chi connectivity index (χ1) is 7.69. The van der Waals surface area contributed by atoms with Crippen LogP contribution >= 0.6 is 0 Å². The van der Waals surface area contributed by atoms with Gasteiger partial charge in [0.15, 0.2) is 0 Å². The summed E-state index contributed by atoms with van der Waals surface area (Å²) in [7, 11) is 1.59. The molecule has 0 unspecified atom stereocenters. The molecule has 0 atom stereocenters. The molecule has 0 aromatic rings. The van der Waals surface area contributed by atoms with Crippen LogP contribution in [-0.2, 0) is 4.79 Å². The van der Waals surface area contributed by atoms with E-state index in [1.807, 2.05) is 45.1 Å². The summed E-state index contributed by atoms with van der Waals surface area (Å²) >= 11 is 0. The second kappa shape index (κ2) is 8.72. The van der Waals surface area contributed by atoms with Crippen molar-refractivity contribution in [3.8, 4) is 0 Å². The van der Waals surface area contributed by atoms with Crippen molar-refractivity contribution in [2.45, 2.75) is 20.8 Å². The van der Waals surface area contributed by atoms with Crippen molar-refractivity contribution in [1.29, 1.82) is 0 Å². The van der Waals surface area contributed by atoms with Crippen LogP contribution in [0.4, 0.5) is 0 Å². The molecule has 0 saturated carbocycles. The lowest BCUT2D eigenvalue weighted by molar-refractivity contribution is -0.108. The van der Waals surface area contributed by atoms with Crippen LogP contribution in [-0.4, -0.2) is 13.0 Å². The molecule has 0 bridgehead atoms. The minimum Gasteiger partial charge on any atom is -0.306 e. The van der Waals surface area contributed by atoms with Gasteiger partial charge in [-0.05, 0) is 20.8 Å². The summed E-state index contributed by atoms with van der Waals surface area (Å²) < 4.78 is 0. The van der Waals surface area contributed by atoms with E-state index in [2.05, 4.69) is 6.58 Å². The fourth-order valence-electron chi connectivity index (χ4n) is 1.12. The van der Waals surface area contributed by atoms with Crippen LogP contribution in [0.5, 0.6) is 0 Å². The Morgan fingerprint density at radius 3 is 2.31 bits per heavy atom. The Balaban J connectivity index is 4.71. The Bertz CT molecular complexity index is 357. The molecular formula is C14H18BO. The second-order valence-corrected chi connectivity index (χ2v) is 3.15. The van der Waals surface area contributed by atoms with Gasteiger partial charge in [0.25, 0.3) is 0 Å². The highest BCUT2D eigenvalue weighted by Gasteiger charge is 2.08. The smallest absolute Gasteiger partial charge is 0.247 e. The van der Waals surface area contributed by atoms with E-state index < -0.39 is 0 Å². The molecule has 0 spiro atoms. The zero-order valence-corrected chi connectivity index (χ0v) is 10.2. The van der Waals surface area contributed by atoms with Gasteiger partial charge in [-0.2, -0.15) is 0 Å². The largest absolute Gasteiger partial charge is 0.306 e. The Hall–Kier alpha value is -1.57. The van der Waals surface area contributed by atoms with Gasteiger partial charge in [0.2, 0.25) is 7.28 Å². The van der Waals surface area contributed by atoms with Crippen LogP contribution in [0.25, 0.3) is 0 Å². The van der Waals surface area contributed by atoms with Gasteiger partial charge >= 0.3 is 0 Å². The molecule has 1 nitrogen and oxygen atoms in total. The molecule has 0 N–H and O–H groups in total. The number of carbonyl (C=O) groups excluding carboxylic acids is 1. The third-order valence-corrected chi connectivity index (χ3v) is 1.96. The standard InChI is InChI=1S/C14H18BO/c1-5-9-11-13(8-4)15-14(16)12(7-3)10-6-2/h5-11H,4H2,1-3H3/b9-5-,10-6-,12-7+,13-11+. The summed E-state index contributed by atoms with van der Waals surface area (Å²) in [5, 5.41) is 0. The van der Waals surface area contributed by atoms with Gasteiger partial charge in [0.05, 0.1) is 0 Å². The highest BCUT2D eigenvalue weighted by molar-refractivity contribution is 6.83. The molecule has 0 heterocycles. The van der Waals surface area contributed by atoms with E-state index in [-0.39, 0.29) is 5.68 Å². The number of carbonyl (C=O) groups is 1. The molecule has 0 rings (SSSR count). The lowest BCUT2D eigenvalue weighted by Crippen LogP contribution is -2.12. The molecule has 0 aromatic heterocycles. The summed E-state index contributed by atoms with van der Waals surface area (Å²) in [5.74, 6) is 0. The molecule has 83 valence electrons. The van der Waals surface area contributed by atoms with Crippen LogP contribution in [0.15, 0.2) is 60.2 Å². The molecule has 0 aromatic carbocycles. The third-order valence-electron chi connectivity index (χ3n) is 1.96. The van der Waals surface area contributed by atoms with Crippen LogP contribution < -0.4 is 0 Å². The molecule has 0 fully saturated rings. The summed E-state index contributed by atoms with van der Waals surface area (Å²) in [6.45, 7) is 9.34. The van der Waals surface area contributed by atoms with Crippen molar-refractivity contribution in [2.75, 3.05) is 0 Å². The molecule has 16 heavy (non-hydrogen) atoms. The normalized spacial score (nSPS) is 13.4. The van der Waals surface area contributed by atoms with E-state index >= 15 is 0 Å². The monoisotopic (exact) mass is 213 g/mol. The summed E-state index contributed by atoms with van der Waals surface area (Å²) in [6, 6.07) is 0. The van der Waals surface area contributed by atoms with Crippen molar-refractivity contribution in [2.24, 2.45) is 0 Å². The van der Waals surface area contributed by atoms with Crippen molar-refractivity contribution < 1.29 is 4.79 Å². The first-order valence-electron chi connectivity index (χ1n) is 5.33. The molecule has 0 aliphatic heterocycles. The van der Waals surface area contributed by atoms with Gasteiger partial charge in [-0.25, -0.2) is 0 Å². The van der Waals surface area contributed by atoms with Crippen molar-refractivity contribution in [3.05, 3.63) is 60.2 Å². The van der Waals surface area contributed by atoms with E-state index in [1.54, 1.807) is 25.5 Å². The topological polar surface area (TPSA) is 17.1 Å². The predicted molar refractivity (Wildman–Crippen MR) is 72.4 cm³/mol. The number of allylic oxidation sites excluding steroid dienone is 9. The van der Waals surface area contributed by atoms with Gasteiger partial charge in [-0.3, -0.25) is 0 Å². The number of rotatable bonds is 6. The predicted octanol–water partition coefficient (Wildman–Crippen LogP) is 3.39. The van der Waals surface area contributed by atoms with Gasteiger partial charge in [0.1, 0.15) is 5.68 Å². The molecule has 0 aliphatic rings. The zero-order valence-electron chi connectivity index (χ0n) is 10.2. The van der Waals surface area contributed by atoms with E-state index in [0.29, 0.717) is 5.57 Å². The maximum atomic E-state index is 11.8. The summed E-state index contributed by atoms with van der Waals surface area (Å²) in [6.07, 6.45) is 12.8. The maximum absolute atomic E-state index is 11.8. The average molecular weight is 213 g/mol. The number of hydrogen-bond donors (Lipinski definition) is 0. The van der Waals surface area contributed by atoms with E-state index in [1.165, 1.54) is 0 Å². The molecule has 0 saturated heterocycles. The highest BCUT2D eigenvalue weighted by Crippen LogP contribution is 2.03. The van der Waals surface area contributed by atoms with Crippen LogP contribution in [0, 0.1) is 0 Å². The highest BCUT2D eigenvalue weighted by atomic mass is 16.1. The van der Waals surface area contributed by atoms with E-state index in [9.17, 15) is 4.79 Å². The van der Waals surface area contributed by atoms with Crippen LogP contribution in [0.1, 0.15) is 20.8 Å². The first-order valence-corrected chi connectivity index (χ1v) is 5.33. The van der Waals surface area contributed by atoms with Gasteiger partial charge in [-0.15, -0.1) is 0 Å². The fraction of sp³-hybridized carbons (Fsp3) is 0.214. The van der Waals surface area contributed by atoms with E-state index in [0.717, 1.165) is 5.47 Å². The Morgan fingerprint density at radius 1 is 1.19 bits per heavy atom. The first kappa shape index (κ1) is 14.4. The second-order valence-electron chi connectivity index (χ2n) is 3.15. The summed E-state index contributed by atoms with van der Waals surface area (Å²) in [5.41, 5.74) is 1.50. The Morgan fingerprint density at radius 2 is 1.88 bits per heavy atom. The fourth-order valence-corrected chi connectivity index (χ4v) is 1.12. The minimum absolute atomic E-state index is 0.00347. The van der Waals surface area contributed by atoms with Crippen molar-refractivity contribution in [1.82, 2.24) is 0 Å². The maximum Gasteiger partial charge on any atom is 0.247 e. The van der Waals surface area contributed by atoms with Crippen LogP contribution in [0.3, 0.4) is 0 Å². The molecule has 0 amide bonds. The number of hydrogen-bond acceptors (Lipinski definition) is 1. The molecule has 1 radical (unpaired) electrons. The van der Waals surface area contributed by atoms with Crippen molar-refractivity contribution in [3.63, 3.8) is 0 Å².